The third-order valence-electron chi connectivity index (χ3n) is 1.96. The zero-order valence-corrected chi connectivity index (χ0v) is 9.77. The molecule has 0 radical (unpaired) electrons. The number of nitrogens with one attached hydrogen (secondary N) is 1. The number of amides is 1. The Bertz CT molecular complexity index is 425. The molecule has 0 spiro atoms. The van der Waals surface area contributed by atoms with Gasteiger partial charge in [0, 0.05) is 11.8 Å². The van der Waals surface area contributed by atoms with Crippen LogP contribution in [0.5, 0.6) is 0 Å². The highest BCUT2D eigenvalue weighted by atomic mass is 35.5. The van der Waals surface area contributed by atoms with Gasteiger partial charge in [-0.05, 0) is 12.1 Å². The standard InChI is InChI=1S/C10H11ClN2O4/c1-17-10(16)7(5-14)13-9(15)6-2-3-12-8(11)4-6/h2-4,7,14H,5H2,1H3,(H,13,15). The zero-order valence-electron chi connectivity index (χ0n) is 9.01. The summed E-state index contributed by atoms with van der Waals surface area (Å²) in [6.07, 6.45) is 1.36. The third kappa shape index (κ3) is 3.69. The first-order valence-electron chi connectivity index (χ1n) is 4.69. The predicted molar refractivity (Wildman–Crippen MR) is 59.6 cm³/mol. The molecule has 0 bridgehead atoms. The Labute approximate surface area is 103 Å². The molecule has 1 atom stereocenters. The van der Waals surface area contributed by atoms with Gasteiger partial charge in [0.25, 0.3) is 5.91 Å². The quantitative estimate of drug-likeness (QED) is 0.586. The van der Waals surface area contributed by atoms with E-state index in [2.05, 4.69) is 15.0 Å². The second kappa shape index (κ2) is 6.17. The summed E-state index contributed by atoms with van der Waals surface area (Å²) >= 11 is 5.62. The summed E-state index contributed by atoms with van der Waals surface area (Å²) < 4.78 is 4.41. The lowest BCUT2D eigenvalue weighted by Crippen LogP contribution is -2.44. The maximum absolute atomic E-state index is 11.7. The summed E-state index contributed by atoms with van der Waals surface area (Å²) in [6, 6.07) is 1.69. The van der Waals surface area contributed by atoms with Crippen molar-refractivity contribution in [2.75, 3.05) is 13.7 Å². The van der Waals surface area contributed by atoms with Crippen LogP contribution in [0.2, 0.25) is 5.15 Å². The van der Waals surface area contributed by atoms with Gasteiger partial charge in [0.15, 0.2) is 6.04 Å². The van der Waals surface area contributed by atoms with Crippen LogP contribution in [0.15, 0.2) is 18.3 Å². The van der Waals surface area contributed by atoms with Crippen molar-refractivity contribution in [3.8, 4) is 0 Å². The number of carbonyl (C=O) groups excluding carboxylic acids is 2. The molecule has 0 saturated carbocycles. The van der Waals surface area contributed by atoms with Crippen LogP contribution in [0.1, 0.15) is 10.4 Å². The van der Waals surface area contributed by atoms with Crippen LogP contribution in [0.4, 0.5) is 0 Å². The van der Waals surface area contributed by atoms with Crippen LogP contribution in [0, 0.1) is 0 Å². The highest BCUT2D eigenvalue weighted by Gasteiger charge is 2.21. The molecular formula is C10H11ClN2O4. The lowest BCUT2D eigenvalue weighted by atomic mass is 10.2. The normalized spacial score (nSPS) is 11.7. The van der Waals surface area contributed by atoms with Gasteiger partial charge in [-0.2, -0.15) is 0 Å². The Hall–Kier alpha value is -1.66. The van der Waals surface area contributed by atoms with Gasteiger partial charge in [0.05, 0.1) is 13.7 Å². The lowest BCUT2D eigenvalue weighted by Gasteiger charge is -2.13. The van der Waals surface area contributed by atoms with E-state index in [1.54, 1.807) is 0 Å². The summed E-state index contributed by atoms with van der Waals surface area (Å²) in [4.78, 5) is 26.5. The van der Waals surface area contributed by atoms with Gasteiger partial charge in [0.2, 0.25) is 0 Å². The van der Waals surface area contributed by atoms with E-state index in [1.165, 1.54) is 25.4 Å². The van der Waals surface area contributed by atoms with Crippen LogP contribution in [0.3, 0.4) is 0 Å². The number of hydrogen-bond acceptors (Lipinski definition) is 5. The number of aliphatic hydroxyl groups excluding tert-OH is 1. The smallest absolute Gasteiger partial charge is 0.330 e. The van der Waals surface area contributed by atoms with Gasteiger partial charge < -0.3 is 15.2 Å². The number of nitrogens with zero attached hydrogens (tertiary/aromatic N) is 1. The molecule has 0 aromatic carbocycles. The summed E-state index contributed by atoms with van der Waals surface area (Å²) in [6.45, 7) is -0.544. The summed E-state index contributed by atoms with van der Waals surface area (Å²) in [7, 11) is 1.17. The molecule has 0 saturated heterocycles. The van der Waals surface area contributed by atoms with Crippen molar-refractivity contribution in [1.29, 1.82) is 0 Å². The lowest BCUT2D eigenvalue weighted by molar-refractivity contribution is -0.143. The number of halogens is 1. The van der Waals surface area contributed by atoms with Gasteiger partial charge in [0.1, 0.15) is 5.15 Å². The Balaban J connectivity index is 2.74. The topological polar surface area (TPSA) is 88.5 Å². The van der Waals surface area contributed by atoms with Gasteiger partial charge in [-0.25, -0.2) is 9.78 Å². The number of aromatic nitrogens is 1. The molecule has 17 heavy (non-hydrogen) atoms. The summed E-state index contributed by atoms with van der Waals surface area (Å²) in [5, 5.41) is 11.4. The number of rotatable bonds is 4. The fraction of sp³-hybridized carbons (Fsp3) is 0.300. The molecule has 0 aliphatic heterocycles. The number of aliphatic hydroxyl groups is 1. The maximum atomic E-state index is 11.7. The first-order chi connectivity index (χ1) is 8.08. The van der Waals surface area contributed by atoms with Crippen molar-refractivity contribution >= 4 is 23.5 Å². The molecule has 7 heteroatoms. The average Bonchev–Trinajstić information content (AvgIpc) is 2.34. The molecule has 0 fully saturated rings. The van der Waals surface area contributed by atoms with E-state index < -0.39 is 24.5 Å². The Kier molecular flexibility index (Phi) is 4.86. The van der Waals surface area contributed by atoms with Crippen LogP contribution in [-0.4, -0.2) is 41.7 Å². The van der Waals surface area contributed by atoms with Crippen molar-refractivity contribution in [3.05, 3.63) is 29.0 Å². The van der Waals surface area contributed by atoms with Gasteiger partial charge in [-0.1, -0.05) is 11.6 Å². The van der Waals surface area contributed by atoms with Crippen molar-refractivity contribution in [3.63, 3.8) is 0 Å². The number of ether oxygens (including phenoxy) is 1. The monoisotopic (exact) mass is 258 g/mol. The molecule has 1 heterocycles. The number of carbonyl (C=O) groups is 2. The van der Waals surface area contributed by atoms with Crippen molar-refractivity contribution < 1.29 is 19.4 Å². The SMILES string of the molecule is COC(=O)C(CO)NC(=O)c1ccnc(Cl)c1. The number of hydrogen-bond donors (Lipinski definition) is 2. The van der Waals surface area contributed by atoms with Crippen LogP contribution < -0.4 is 5.32 Å². The molecule has 1 rings (SSSR count). The van der Waals surface area contributed by atoms with Crippen LogP contribution >= 0.6 is 11.6 Å². The first-order valence-corrected chi connectivity index (χ1v) is 5.07. The van der Waals surface area contributed by atoms with Crippen molar-refractivity contribution in [2.24, 2.45) is 0 Å². The van der Waals surface area contributed by atoms with Crippen LogP contribution in [-0.2, 0) is 9.53 Å². The molecule has 1 aromatic rings. The highest BCUT2D eigenvalue weighted by molar-refractivity contribution is 6.29. The van der Waals surface area contributed by atoms with Crippen molar-refractivity contribution in [1.82, 2.24) is 10.3 Å². The molecule has 6 nitrogen and oxygen atoms in total. The first kappa shape index (κ1) is 13.4. The Morgan fingerprint density at radius 3 is 2.88 bits per heavy atom. The second-order valence-electron chi connectivity index (χ2n) is 3.10. The van der Waals surface area contributed by atoms with E-state index in [1.807, 2.05) is 0 Å². The molecule has 1 unspecified atom stereocenters. The fourth-order valence-electron chi connectivity index (χ4n) is 1.11. The molecule has 0 aliphatic carbocycles. The third-order valence-corrected chi connectivity index (χ3v) is 2.17. The number of pyridine rings is 1. The number of esters is 1. The van der Waals surface area contributed by atoms with E-state index >= 15 is 0 Å². The average molecular weight is 259 g/mol. The van der Waals surface area contributed by atoms with Gasteiger partial charge in [-0.15, -0.1) is 0 Å². The van der Waals surface area contributed by atoms with Gasteiger partial charge in [-0.3, -0.25) is 4.79 Å². The molecule has 2 N–H and O–H groups in total. The Morgan fingerprint density at radius 1 is 1.65 bits per heavy atom. The molecule has 1 aromatic heterocycles. The van der Waals surface area contributed by atoms with Crippen molar-refractivity contribution in [2.45, 2.75) is 6.04 Å². The van der Waals surface area contributed by atoms with E-state index in [-0.39, 0.29) is 10.7 Å². The highest BCUT2D eigenvalue weighted by Crippen LogP contribution is 2.07. The molecule has 92 valence electrons. The van der Waals surface area contributed by atoms with E-state index in [0.717, 1.165) is 0 Å². The minimum absolute atomic E-state index is 0.163. The second-order valence-corrected chi connectivity index (χ2v) is 3.49. The largest absolute Gasteiger partial charge is 0.467 e. The van der Waals surface area contributed by atoms with E-state index in [4.69, 9.17) is 16.7 Å². The summed E-state index contributed by atoms with van der Waals surface area (Å²) in [5.41, 5.74) is 0.243. The maximum Gasteiger partial charge on any atom is 0.330 e. The Morgan fingerprint density at radius 2 is 2.35 bits per heavy atom. The van der Waals surface area contributed by atoms with E-state index in [9.17, 15) is 9.59 Å². The summed E-state index contributed by atoms with van der Waals surface area (Å²) in [5.74, 6) is -1.26. The van der Waals surface area contributed by atoms with E-state index in [0.29, 0.717) is 0 Å². The van der Waals surface area contributed by atoms with Gasteiger partial charge >= 0.3 is 5.97 Å². The minimum Gasteiger partial charge on any atom is -0.467 e. The fourth-order valence-corrected chi connectivity index (χ4v) is 1.28. The minimum atomic E-state index is -1.10. The number of methoxy groups -OCH3 is 1. The molecular weight excluding hydrogens is 248 g/mol. The van der Waals surface area contributed by atoms with Crippen LogP contribution in [0.25, 0.3) is 0 Å². The molecule has 1 amide bonds. The predicted octanol–water partition coefficient (Wildman–Crippen LogP) is -0.00130. The molecule has 0 aliphatic rings. The zero-order chi connectivity index (χ0) is 12.8.